The van der Waals surface area contributed by atoms with Crippen molar-refractivity contribution >= 4 is 23.1 Å². The van der Waals surface area contributed by atoms with Gasteiger partial charge in [-0.25, -0.2) is 0 Å². The second kappa shape index (κ2) is 9.96. The van der Waals surface area contributed by atoms with Gasteiger partial charge in [0.15, 0.2) is 0 Å². The van der Waals surface area contributed by atoms with Crippen molar-refractivity contribution in [2.75, 3.05) is 0 Å². The Labute approximate surface area is 209 Å². The van der Waals surface area contributed by atoms with E-state index in [9.17, 15) is 19.2 Å². The number of ketones is 4. The molecule has 0 aliphatic heterocycles. The Morgan fingerprint density at radius 3 is 1.69 bits per heavy atom. The SMILES string of the molecule is CC.Cc1ccc2c(c1)C(=O)C(=O)c1cccnc1-2.Cc1cccc2c1C(=O)C(=O)c1cccnc1-2. The number of aromatic nitrogens is 2. The largest absolute Gasteiger partial charge is 0.285 e. The van der Waals surface area contributed by atoms with Crippen LogP contribution in [0.25, 0.3) is 22.5 Å². The van der Waals surface area contributed by atoms with Gasteiger partial charge in [0.05, 0.1) is 22.5 Å². The molecule has 2 aromatic carbocycles. The first kappa shape index (κ1) is 24.5. The normalized spacial score (nSPS) is 12.7. The molecule has 0 N–H and O–H groups in total. The molecule has 2 aliphatic rings. The second-order valence-corrected chi connectivity index (χ2v) is 8.16. The number of carbonyl (C=O) groups excluding carboxylic acids is 4. The predicted molar refractivity (Wildman–Crippen MR) is 137 cm³/mol. The molecule has 0 atom stereocenters. The first-order valence-electron chi connectivity index (χ1n) is 11.7. The summed E-state index contributed by atoms with van der Waals surface area (Å²) in [6, 6.07) is 17.7. The molecule has 178 valence electrons. The number of carbonyl (C=O) groups is 4. The van der Waals surface area contributed by atoms with E-state index in [1.807, 2.05) is 58.0 Å². The molecule has 4 aromatic rings. The van der Waals surface area contributed by atoms with Gasteiger partial charge >= 0.3 is 0 Å². The highest BCUT2D eigenvalue weighted by molar-refractivity contribution is 6.53. The first-order chi connectivity index (χ1) is 17.4. The molecule has 0 fully saturated rings. The number of nitrogens with zero attached hydrogens (tertiary/aromatic N) is 2. The van der Waals surface area contributed by atoms with Crippen LogP contribution in [-0.4, -0.2) is 33.1 Å². The van der Waals surface area contributed by atoms with E-state index in [0.29, 0.717) is 33.6 Å². The van der Waals surface area contributed by atoms with Crippen LogP contribution in [0.5, 0.6) is 0 Å². The number of rotatable bonds is 0. The van der Waals surface area contributed by atoms with E-state index in [2.05, 4.69) is 9.97 Å². The summed E-state index contributed by atoms with van der Waals surface area (Å²) in [6.07, 6.45) is 3.26. The fraction of sp³-hybridized carbons (Fsp3) is 0.133. The molecular formula is C30H24N2O4. The Morgan fingerprint density at radius 2 is 1.06 bits per heavy atom. The summed E-state index contributed by atoms with van der Waals surface area (Å²) in [5, 5.41) is 0. The fourth-order valence-electron chi connectivity index (χ4n) is 4.31. The minimum Gasteiger partial charge on any atom is -0.285 e. The lowest BCUT2D eigenvalue weighted by atomic mass is 9.85. The third kappa shape index (κ3) is 4.07. The van der Waals surface area contributed by atoms with Gasteiger partial charge in [0.2, 0.25) is 23.1 Å². The summed E-state index contributed by atoms with van der Waals surface area (Å²) in [5.41, 5.74) is 6.24. The number of fused-ring (bicyclic) bond motifs is 6. The molecule has 2 heterocycles. The van der Waals surface area contributed by atoms with Gasteiger partial charge in [-0.1, -0.05) is 49.7 Å². The van der Waals surface area contributed by atoms with Gasteiger partial charge in [-0.15, -0.1) is 0 Å². The third-order valence-electron chi connectivity index (χ3n) is 5.95. The van der Waals surface area contributed by atoms with Crippen molar-refractivity contribution in [3.8, 4) is 22.5 Å². The fourth-order valence-corrected chi connectivity index (χ4v) is 4.31. The molecule has 2 aliphatic carbocycles. The van der Waals surface area contributed by atoms with Crippen molar-refractivity contribution in [2.45, 2.75) is 27.7 Å². The van der Waals surface area contributed by atoms with Crippen LogP contribution in [-0.2, 0) is 0 Å². The molecule has 0 spiro atoms. The van der Waals surface area contributed by atoms with Gasteiger partial charge in [0.25, 0.3) is 0 Å². The van der Waals surface area contributed by atoms with Crippen molar-refractivity contribution in [1.82, 2.24) is 9.97 Å². The maximum absolute atomic E-state index is 12.0. The highest BCUT2D eigenvalue weighted by Crippen LogP contribution is 2.33. The highest BCUT2D eigenvalue weighted by atomic mass is 16.2. The Bertz CT molecular complexity index is 1550. The van der Waals surface area contributed by atoms with Crippen LogP contribution in [0.2, 0.25) is 0 Å². The van der Waals surface area contributed by atoms with Gasteiger partial charge in [-0.05, 0) is 49.7 Å². The summed E-state index contributed by atoms with van der Waals surface area (Å²) >= 11 is 0. The van der Waals surface area contributed by atoms with Crippen molar-refractivity contribution in [2.24, 2.45) is 0 Å². The lowest BCUT2D eigenvalue weighted by Crippen LogP contribution is -2.22. The molecule has 0 bridgehead atoms. The molecule has 0 amide bonds. The molecule has 6 heteroatoms. The van der Waals surface area contributed by atoms with E-state index in [1.54, 1.807) is 42.7 Å². The van der Waals surface area contributed by atoms with E-state index >= 15 is 0 Å². The molecule has 0 unspecified atom stereocenters. The van der Waals surface area contributed by atoms with E-state index in [1.165, 1.54) is 0 Å². The summed E-state index contributed by atoms with van der Waals surface area (Å²) in [5.74, 6) is -1.80. The predicted octanol–water partition coefficient (Wildman–Crippen LogP) is 5.90. The number of hydrogen-bond donors (Lipinski definition) is 0. The monoisotopic (exact) mass is 476 g/mol. The highest BCUT2D eigenvalue weighted by Gasteiger charge is 2.32. The molecule has 0 saturated carbocycles. The number of aryl methyl sites for hydroxylation is 2. The molecule has 0 radical (unpaired) electrons. The minimum atomic E-state index is -0.466. The van der Waals surface area contributed by atoms with Crippen LogP contribution in [0, 0.1) is 13.8 Å². The van der Waals surface area contributed by atoms with Crippen LogP contribution in [0.3, 0.4) is 0 Å². The zero-order valence-corrected chi connectivity index (χ0v) is 20.5. The molecular weight excluding hydrogens is 452 g/mol. The van der Waals surface area contributed by atoms with Crippen LogP contribution in [0.1, 0.15) is 66.4 Å². The number of hydrogen-bond acceptors (Lipinski definition) is 6. The summed E-state index contributed by atoms with van der Waals surface area (Å²) in [7, 11) is 0. The standard InChI is InChI=1S/2C14H9NO2.C2H6/c1-8-4-2-5-9-11(8)14(17)13(16)10-6-3-7-15-12(9)10;1-8-4-5-9-11(7-8)14(17)13(16)10-3-2-6-15-12(9)10;1-2/h2*2-7H,1H3;1-2H3. The summed E-state index contributed by atoms with van der Waals surface area (Å²) in [4.78, 5) is 56.2. The zero-order valence-electron chi connectivity index (χ0n) is 20.5. The van der Waals surface area contributed by atoms with Gasteiger partial charge in [0, 0.05) is 34.6 Å². The van der Waals surface area contributed by atoms with Gasteiger partial charge < -0.3 is 0 Å². The summed E-state index contributed by atoms with van der Waals surface area (Å²) < 4.78 is 0. The van der Waals surface area contributed by atoms with Crippen LogP contribution in [0.4, 0.5) is 0 Å². The Kier molecular flexibility index (Phi) is 6.79. The van der Waals surface area contributed by atoms with Gasteiger partial charge in [-0.3, -0.25) is 29.1 Å². The van der Waals surface area contributed by atoms with Crippen LogP contribution in [0.15, 0.2) is 73.1 Å². The van der Waals surface area contributed by atoms with Crippen molar-refractivity contribution in [3.05, 3.63) is 106 Å². The molecule has 36 heavy (non-hydrogen) atoms. The van der Waals surface area contributed by atoms with E-state index < -0.39 is 23.1 Å². The van der Waals surface area contributed by atoms with Crippen molar-refractivity contribution < 1.29 is 19.2 Å². The minimum absolute atomic E-state index is 0.397. The number of pyridine rings is 2. The van der Waals surface area contributed by atoms with Gasteiger partial charge in [0.1, 0.15) is 0 Å². The molecule has 6 nitrogen and oxygen atoms in total. The van der Waals surface area contributed by atoms with Crippen LogP contribution >= 0.6 is 0 Å². The Hall–Kier alpha value is -4.58. The maximum Gasteiger partial charge on any atom is 0.235 e. The average molecular weight is 477 g/mol. The third-order valence-corrected chi connectivity index (χ3v) is 5.95. The maximum atomic E-state index is 12.0. The molecule has 6 rings (SSSR count). The van der Waals surface area contributed by atoms with Crippen LogP contribution < -0.4 is 0 Å². The molecule has 0 saturated heterocycles. The first-order valence-corrected chi connectivity index (χ1v) is 11.7. The second-order valence-electron chi connectivity index (χ2n) is 8.16. The van der Waals surface area contributed by atoms with Crippen molar-refractivity contribution in [1.29, 1.82) is 0 Å². The lowest BCUT2D eigenvalue weighted by molar-refractivity contribution is 0.0814. The summed E-state index contributed by atoms with van der Waals surface area (Å²) in [6.45, 7) is 7.73. The van der Waals surface area contributed by atoms with E-state index in [0.717, 1.165) is 22.3 Å². The smallest absolute Gasteiger partial charge is 0.235 e. The Balaban J connectivity index is 0.000000158. The quantitative estimate of drug-likeness (QED) is 0.293. The van der Waals surface area contributed by atoms with E-state index in [4.69, 9.17) is 0 Å². The Morgan fingerprint density at radius 1 is 0.528 bits per heavy atom. The molecule has 2 aromatic heterocycles. The van der Waals surface area contributed by atoms with Gasteiger partial charge in [-0.2, -0.15) is 0 Å². The lowest BCUT2D eigenvalue weighted by Gasteiger charge is -2.17. The number of benzene rings is 2. The topological polar surface area (TPSA) is 94.1 Å². The average Bonchev–Trinajstić information content (AvgIpc) is 2.92. The zero-order chi connectivity index (χ0) is 26.0. The number of Topliss-reactive ketones (excluding diaryl/α,β-unsaturated/α-hetero) is 4. The van der Waals surface area contributed by atoms with Crippen molar-refractivity contribution in [3.63, 3.8) is 0 Å². The van der Waals surface area contributed by atoms with E-state index in [-0.39, 0.29) is 0 Å².